The van der Waals surface area contributed by atoms with Crippen molar-refractivity contribution in [1.29, 1.82) is 0 Å². The van der Waals surface area contributed by atoms with Gasteiger partial charge in [0, 0.05) is 34.1 Å². The minimum absolute atomic E-state index is 0.791. The standard InChI is InChI=1S/C14H13BrClNS.C2H7N3/c1-17-13-8-4-7-12(16)14(13)18-9-10-5-2-3-6-11(10)15;1-2-4-5-3/h2-8,17H,9H2,1H3;2,4-5H,1,3H2. The normalized spacial score (nSPS) is 9.57. The average molecular weight is 416 g/mol. The number of nitrogens with one attached hydrogen (secondary N) is 3. The molecule has 0 heterocycles. The van der Waals surface area contributed by atoms with E-state index in [9.17, 15) is 0 Å². The van der Waals surface area contributed by atoms with Crippen molar-refractivity contribution in [3.8, 4) is 0 Å². The molecule has 0 spiro atoms. The Morgan fingerprint density at radius 2 is 2.00 bits per heavy atom. The first-order valence-electron chi connectivity index (χ1n) is 6.78. The minimum atomic E-state index is 0.791. The van der Waals surface area contributed by atoms with Crippen LogP contribution in [0.3, 0.4) is 0 Å². The van der Waals surface area contributed by atoms with Gasteiger partial charge >= 0.3 is 0 Å². The minimum Gasteiger partial charge on any atom is -0.387 e. The number of anilines is 1. The van der Waals surface area contributed by atoms with E-state index in [0.717, 1.165) is 25.8 Å². The zero-order chi connectivity index (χ0) is 17.1. The molecule has 7 heteroatoms. The molecule has 5 N–H and O–H groups in total. The third kappa shape index (κ3) is 6.85. The zero-order valence-electron chi connectivity index (χ0n) is 12.8. The SMILES string of the molecule is C=CNNN.CNc1cccc(Cl)c1SCc1ccccc1Br. The van der Waals surface area contributed by atoms with E-state index in [1.54, 1.807) is 11.8 Å². The van der Waals surface area contributed by atoms with Gasteiger partial charge in [-0.2, -0.15) is 5.53 Å². The highest BCUT2D eigenvalue weighted by Crippen LogP contribution is 2.36. The van der Waals surface area contributed by atoms with Gasteiger partial charge in [0.05, 0.1) is 5.02 Å². The van der Waals surface area contributed by atoms with Gasteiger partial charge in [0.1, 0.15) is 0 Å². The number of hydrogen-bond acceptors (Lipinski definition) is 5. The third-order valence-corrected chi connectivity index (χ3v) is 5.14. The van der Waals surface area contributed by atoms with E-state index in [0.29, 0.717) is 0 Å². The fourth-order valence-corrected chi connectivity index (χ4v) is 3.71. The van der Waals surface area contributed by atoms with Crippen LogP contribution in [0.2, 0.25) is 5.02 Å². The molecule has 0 aliphatic heterocycles. The summed E-state index contributed by atoms with van der Waals surface area (Å²) in [5, 5.41) is 3.96. The van der Waals surface area contributed by atoms with Crippen LogP contribution in [0.4, 0.5) is 5.69 Å². The second-order valence-corrected chi connectivity index (χ2v) is 6.49. The van der Waals surface area contributed by atoms with Crippen LogP contribution in [0.25, 0.3) is 0 Å². The van der Waals surface area contributed by atoms with Crippen molar-refractivity contribution >= 4 is 45.0 Å². The van der Waals surface area contributed by atoms with Crippen molar-refractivity contribution < 1.29 is 0 Å². The van der Waals surface area contributed by atoms with Gasteiger partial charge in [0.25, 0.3) is 0 Å². The Morgan fingerprint density at radius 3 is 2.57 bits per heavy atom. The lowest BCUT2D eigenvalue weighted by Gasteiger charge is -2.11. The number of thioether (sulfide) groups is 1. The fourth-order valence-electron chi connectivity index (χ4n) is 1.68. The zero-order valence-corrected chi connectivity index (χ0v) is 15.9. The summed E-state index contributed by atoms with van der Waals surface area (Å²) in [5.74, 6) is 5.60. The Labute approximate surface area is 154 Å². The summed E-state index contributed by atoms with van der Waals surface area (Å²) < 4.78 is 1.13. The molecule has 4 nitrogen and oxygen atoms in total. The monoisotopic (exact) mass is 414 g/mol. The second kappa shape index (κ2) is 11.4. The largest absolute Gasteiger partial charge is 0.387 e. The lowest BCUT2D eigenvalue weighted by molar-refractivity contribution is 0.666. The van der Waals surface area contributed by atoms with E-state index in [4.69, 9.17) is 17.4 Å². The predicted octanol–water partition coefficient (Wildman–Crippen LogP) is 4.53. The summed E-state index contributed by atoms with van der Waals surface area (Å²) in [4.78, 5) is 1.09. The number of halogens is 2. The topological polar surface area (TPSA) is 62.1 Å². The van der Waals surface area contributed by atoms with Gasteiger partial charge in [-0.3, -0.25) is 5.84 Å². The summed E-state index contributed by atoms with van der Waals surface area (Å²) in [6.07, 6.45) is 1.44. The number of nitrogens with two attached hydrogens (primary N) is 1. The summed E-state index contributed by atoms with van der Waals surface area (Å²) in [6.45, 7) is 3.30. The van der Waals surface area contributed by atoms with E-state index >= 15 is 0 Å². The lowest BCUT2D eigenvalue weighted by atomic mass is 10.2. The Morgan fingerprint density at radius 1 is 1.26 bits per heavy atom. The molecule has 0 atom stereocenters. The number of hydrazine groups is 2. The summed E-state index contributed by atoms with van der Waals surface area (Å²) in [5.41, 5.74) is 6.89. The van der Waals surface area contributed by atoms with Crippen molar-refractivity contribution in [1.82, 2.24) is 11.0 Å². The molecule has 124 valence electrons. The fraction of sp³-hybridized carbons (Fsp3) is 0.125. The van der Waals surface area contributed by atoms with Crippen LogP contribution in [0.1, 0.15) is 5.56 Å². The first-order chi connectivity index (χ1) is 11.1. The summed E-state index contributed by atoms with van der Waals surface area (Å²) in [7, 11) is 1.91. The Kier molecular flexibility index (Phi) is 9.82. The average Bonchev–Trinajstić information content (AvgIpc) is 2.56. The summed E-state index contributed by atoms with van der Waals surface area (Å²) >= 11 is 11.5. The molecule has 0 unspecified atom stereocenters. The van der Waals surface area contributed by atoms with Crippen molar-refractivity contribution in [2.45, 2.75) is 10.6 Å². The molecule has 0 saturated carbocycles. The third-order valence-electron chi connectivity index (χ3n) is 2.75. The first-order valence-corrected chi connectivity index (χ1v) is 8.94. The number of rotatable bonds is 6. The highest BCUT2D eigenvalue weighted by Gasteiger charge is 2.08. The Hall–Kier alpha value is -1.18. The van der Waals surface area contributed by atoms with E-state index in [1.165, 1.54) is 11.8 Å². The molecule has 0 radical (unpaired) electrons. The molecule has 23 heavy (non-hydrogen) atoms. The van der Waals surface area contributed by atoms with E-state index in [1.807, 2.05) is 37.4 Å². The Bertz CT molecular complexity index is 625. The van der Waals surface area contributed by atoms with E-state index < -0.39 is 0 Å². The maximum absolute atomic E-state index is 6.24. The van der Waals surface area contributed by atoms with Crippen molar-refractivity contribution in [2.75, 3.05) is 12.4 Å². The van der Waals surface area contributed by atoms with Crippen LogP contribution < -0.4 is 22.1 Å². The van der Waals surface area contributed by atoms with E-state index in [2.05, 4.69) is 50.9 Å². The summed E-state index contributed by atoms with van der Waals surface area (Å²) in [6, 6.07) is 14.2. The maximum atomic E-state index is 6.24. The predicted molar refractivity (Wildman–Crippen MR) is 105 cm³/mol. The molecule has 0 bridgehead atoms. The molecule has 0 aliphatic rings. The first kappa shape index (κ1) is 19.9. The lowest BCUT2D eigenvalue weighted by Crippen LogP contribution is -2.32. The van der Waals surface area contributed by atoms with Crippen molar-refractivity contribution in [3.05, 3.63) is 70.3 Å². The molecular weight excluding hydrogens is 396 g/mol. The Balaban J connectivity index is 0.000000463. The molecule has 0 aliphatic carbocycles. The van der Waals surface area contributed by atoms with Gasteiger partial charge in [-0.25, -0.2) is 0 Å². The van der Waals surface area contributed by atoms with Crippen molar-refractivity contribution in [2.24, 2.45) is 5.84 Å². The van der Waals surface area contributed by atoms with Gasteiger partial charge in [-0.15, -0.1) is 11.8 Å². The molecular formula is C16H20BrClN4S. The molecule has 0 fully saturated rings. The molecule has 2 aromatic carbocycles. The van der Waals surface area contributed by atoms with Gasteiger partial charge in [0.2, 0.25) is 0 Å². The van der Waals surface area contributed by atoms with Gasteiger partial charge in [-0.1, -0.05) is 58.4 Å². The van der Waals surface area contributed by atoms with Gasteiger partial charge < -0.3 is 10.7 Å². The highest BCUT2D eigenvalue weighted by atomic mass is 79.9. The van der Waals surface area contributed by atoms with E-state index in [-0.39, 0.29) is 0 Å². The number of benzene rings is 2. The molecule has 2 rings (SSSR count). The van der Waals surface area contributed by atoms with Crippen LogP contribution >= 0.6 is 39.3 Å². The second-order valence-electron chi connectivity index (χ2n) is 4.24. The molecule has 0 aromatic heterocycles. The van der Waals surface area contributed by atoms with Crippen LogP contribution in [0.5, 0.6) is 0 Å². The quantitative estimate of drug-likeness (QED) is 0.317. The van der Waals surface area contributed by atoms with Gasteiger partial charge in [0.15, 0.2) is 0 Å². The van der Waals surface area contributed by atoms with Gasteiger partial charge in [-0.05, 0) is 23.8 Å². The van der Waals surface area contributed by atoms with Crippen LogP contribution in [-0.2, 0) is 5.75 Å². The van der Waals surface area contributed by atoms with Crippen LogP contribution in [0.15, 0.2) is 64.6 Å². The van der Waals surface area contributed by atoms with Crippen LogP contribution in [-0.4, -0.2) is 7.05 Å². The number of hydrogen-bond donors (Lipinski definition) is 4. The molecule has 0 saturated heterocycles. The maximum Gasteiger partial charge on any atom is 0.0562 e. The van der Waals surface area contributed by atoms with Crippen molar-refractivity contribution in [3.63, 3.8) is 0 Å². The molecule has 2 aromatic rings. The van der Waals surface area contributed by atoms with Crippen LogP contribution in [0, 0.1) is 0 Å². The smallest absolute Gasteiger partial charge is 0.0562 e. The highest BCUT2D eigenvalue weighted by molar-refractivity contribution is 9.10. The molecule has 0 amide bonds.